The van der Waals surface area contributed by atoms with Crippen molar-refractivity contribution in [2.24, 2.45) is 5.10 Å². The number of H-pyrrole nitrogens is 1. The Morgan fingerprint density at radius 1 is 1.21 bits per heavy atom. The number of amides is 1. The zero-order chi connectivity index (χ0) is 16.9. The lowest BCUT2D eigenvalue weighted by atomic mass is 10.1. The molecule has 1 amide bonds. The van der Waals surface area contributed by atoms with Crippen molar-refractivity contribution in [3.05, 3.63) is 75.4 Å². The Hall–Kier alpha value is -2.44. The first kappa shape index (κ1) is 16.4. The van der Waals surface area contributed by atoms with Crippen LogP contribution in [0.25, 0.3) is 11.3 Å². The second kappa shape index (κ2) is 7.42. The van der Waals surface area contributed by atoms with Crippen LogP contribution >= 0.6 is 27.5 Å². The van der Waals surface area contributed by atoms with E-state index in [9.17, 15) is 4.79 Å². The van der Waals surface area contributed by atoms with Gasteiger partial charge in [0.2, 0.25) is 0 Å². The van der Waals surface area contributed by atoms with Crippen molar-refractivity contribution in [1.82, 2.24) is 15.6 Å². The van der Waals surface area contributed by atoms with E-state index >= 15 is 0 Å². The molecule has 0 saturated heterocycles. The van der Waals surface area contributed by atoms with Crippen LogP contribution in [0.5, 0.6) is 0 Å². The molecule has 0 unspecified atom stereocenters. The summed E-state index contributed by atoms with van der Waals surface area (Å²) >= 11 is 9.28. The average Bonchev–Trinajstić information content (AvgIpc) is 3.07. The molecule has 0 saturated carbocycles. The third-order valence-corrected chi connectivity index (χ3v) is 4.21. The minimum absolute atomic E-state index is 0.323. The molecule has 0 aliphatic rings. The van der Waals surface area contributed by atoms with E-state index in [1.807, 2.05) is 36.4 Å². The number of carbonyl (C=O) groups excluding carboxylic acids is 1. The van der Waals surface area contributed by atoms with Crippen LogP contribution in [0.3, 0.4) is 0 Å². The maximum atomic E-state index is 12.1. The molecule has 2 aromatic carbocycles. The lowest BCUT2D eigenvalue weighted by Gasteiger charge is -1.98. The van der Waals surface area contributed by atoms with E-state index in [4.69, 9.17) is 11.6 Å². The molecule has 7 heteroatoms. The summed E-state index contributed by atoms with van der Waals surface area (Å²) in [6, 6.07) is 16.5. The number of benzene rings is 2. The number of aromatic nitrogens is 2. The van der Waals surface area contributed by atoms with E-state index in [0.29, 0.717) is 16.4 Å². The van der Waals surface area contributed by atoms with E-state index in [0.717, 1.165) is 15.6 Å². The Balaban J connectivity index is 1.68. The standard InChI is InChI=1S/C17H12BrClN4O/c18-14-4-2-1-3-12(14)10-20-23-17(24)16-9-15(21-22-16)11-5-7-13(19)8-6-11/h1-10H,(H,21,22)(H,23,24)/b20-10+. The van der Waals surface area contributed by atoms with Crippen LogP contribution in [0, 0.1) is 0 Å². The van der Waals surface area contributed by atoms with E-state index in [1.165, 1.54) is 0 Å². The number of halogens is 2. The number of nitrogens with one attached hydrogen (secondary N) is 2. The molecule has 2 N–H and O–H groups in total. The maximum absolute atomic E-state index is 12.1. The predicted molar refractivity (Wildman–Crippen MR) is 98.2 cm³/mol. The van der Waals surface area contributed by atoms with Gasteiger partial charge in [-0.15, -0.1) is 0 Å². The molecule has 3 rings (SSSR count). The summed E-state index contributed by atoms with van der Waals surface area (Å²) < 4.78 is 0.898. The van der Waals surface area contributed by atoms with Crippen molar-refractivity contribution < 1.29 is 4.79 Å². The molecule has 0 atom stereocenters. The highest BCUT2D eigenvalue weighted by Crippen LogP contribution is 2.20. The fraction of sp³-hybridized carbons (Fsp3) is 0. The summed E-state index contributed by atoms with van der Waals surface area (Å²) in [6.07, 6.45) is 1.57. The fourth-order valence-electron chi connectivity index (χ4n) is 2.01. The van der Waals surface area contributed by atoms with Crippen LogP contribution in [0.2, 0.25) is 5.02 Å². The summed E-state index contributed by atoms with van der Waals surface area (Å²) in [4.78, 5) is 12.1. The van der Waals surface area contributed by atoms with Gasteiger partial charge in [-0.25, -0.2) is 5.43 Å². The van der Waals surface area contributed by atoms with Crippen LogP contribution in [0.1, 0.15) is 16.1 Å². The van der Waals surface area contributed by atoms with Crippen LogP contribution in [0.15, 0.2) is 64.2 Å². The third-order valence-electron chi connectivity index (χ3n) is 3.24. The minimum atomic E-state index is -0.369. The van der Waals surface area contributed by atoms with E-state index in [-0.39, 0.29) is 5.91 Å². The zero-order valence-electron chi connectivity index (χ0n) is 12.3. The number of nitrogens with zero attached hydrogens (tertiary/aromatic N) is 2. The monoisotopic (exact) mass is 402 g/mol. The zero-order valence-corrected chi connectivity index (χ0v) is 14.7. The van der Waals surface area contributed by atoms with Crippen LogP contribution < -0.4 is 5.43 Å². The number of hydrazone groups is 1. The summed E-state index contributed by atoms with van der Waals surface area (Å²) in [7, 11) is 0. The number of rotatable bonds is 4. The molecule has 0 radical (unpaired) electrons. The van der Waals surface area contributed by atoms with Crippen molar-refractivity contribution >= 4 is 39.7 Å². The lowest BCUT2D eigenvalue weighted by Crippen LogP contribution is -2.18. The first-order chi connectivity index (χ1) is 11.6. The minimum Gasteiger partial charge on any atom is -0.272 e. The quantitative estimate of drug-likeness (QED) is 0.505. The Labute approximate surface area is 151 Å². The van der Waals surface area contributed by atoms with Crippen LogP contribution in [-0.4, -0.2) is 22.3 Å². The molecule has 0 aliphatic heterocycles. The molecule has 5 nitrogen and oxygen atoms in total. The van der Waals surface area contributed by atoms with Gasteiger partial charge < -0.3 is 0 Å². The van der Waals surface area contributed by atoms with Gasteiger partial charge in [-0.05, 0) is 24.3 Å². The van der Waals surface area contributed by atoms with Crippen molar-refractivity contribution in [3.63, 3.8) is 0 Å². The Morgan fingerprint density at radius 2 is 1.96 bits per heavy atom. The van der Waals surface area contributed by atoms with E-state index in [2.05, 4.69) is 36.7 Å². The maximum Gasteiger partial charge on any atom is 0.289 e. The summed E-state index contributed by atoms with van der Waals surface area (Å²) in [5, 5.41) is 11.4. The number of aromatic amines is 1. The molecule has 0 aliphatic carbocycles. The SMILES string of the molecule is O=C(N/N=C/c1ccccc1Br)c1cc(-c2ccc(Cl)cc2)n[nH]1. The molecular formula is C17H12BrClN4O. The third kappa shape index (κ3) is 3.90. The number of carbonyl (C=O) groups is 1. The van der Waals surface area contributed by atoms with Gasteiger partial charge in [0.15, 0.2) is 0 Å². The molecule has 1 heterocycles. The Morgan fingerprint density at radius 3 is 2.71 bits per heavy atom. The molecule has 0 spiro atoms. The van der Waals surface area contributed by atoms with Crippen LogP contribution in [0.4, 0.5) is 0 Å². The summed E-state index contributed by atoms with van der Waals surface area (Å²) in [6.45, 7) is 0. The molecule has 0 fully saturated rings. The lowest BCUT2D eigenvalue weighted by molar-refractivity contribution is 0.0950. The molecule has 3 aromatic rings. The van der Waals surface area contributed by atoms with Gasteiger partial charge in [-0.2, -0.15) is 10.2 Å². The fourth-order valence-corrected chi connectivity index (χ4v) is 2.52. The van der Waals surface area contributed by atoms with Gasteiger partial charge in [0.1, 0.15) is 5.69 Å². The number of hydrogen-bond donors (Lipinski definition) is 2. The van der Waals surface area contributed by atoms with Crippen molar-refractivity contribution in [2.45, 2.75) is 0 Å². The number of hydrogen-bond acceptors (Lipinski definition) is 3. The highest BCUT2D eigenvalue weighted by molar-refractivity contribution is 9.10. The highest BCUT2D eigenvalue weighted by atomic mass is 79.9. The second-order valence-electron chi connectivity index (χ2n) is 4.89. The highest BCUT2D eigenvalue weighted by Gasteiger charge is 2.10. The van der Waals surface area contributed by atoms with E-state index in [1.54, 1.807) is 24.4 Å². The summed E-state index contributed by atoms with van der Waals surface area (Å²) in [5.74, 6) is -0.369. The van der Waals surface area contributed by atoms with Gasteiger partial charge in [0.25, 0.3) is 5.91 Å². The van der Waals surface area contributed by atoms with Gasteiger partial charge in [-0.3, -0.25) is 9.89 Å². The molecule has 0 bridgehead atoms. The van der Waals surface area contributed by atoms with E-state index < -0.39 is 0 Å². The molecule has 120 valence electrons. The largest absolute Gasteiger partial charge is 0.289 e. The topological polar surface area (TPSA) is 70.1 Å². The van der Waals surface area contributed by atoms with Gasteiger partial charge >= 0.3 is 0 Å². The average molecular weight is 404 g/mol. The van der Waals surface area contributed by atoms with Crippen LogP contribution in [-0.2, 0) is 0 Å². The molecular weight excluding hydrogens is 392 g/mol. The van der Waals surface area contributed by atoms with Gasteiger partial charge in [0, 0.05) is 20.6 Å². The second-order valence-corrected chi connectivity index (χ2v) is 6.19. The van der Waals surface area contributed by atoms with Crippen molar-refractivity contribution in [1.29, 1.82) is 0 Å². The molecule has 24 heavy (non-hydrogen) atoms. The van der Waals surface area contributed by atoms with Crippen molar-refractivity contribution in [3.8, 4) is 11.3 Å². The van der Waals surface area contributed by atoms with Crippen molar-refractivity contribution in [2.75, 3.05) is 0 Å². The van der Waals surface area contributed by atoms with Gasteiger partial charge in [-0.1, -0.05) is 57.9 Å². The smallest absolute Gasteiger partial charge is 0.272 e. The normalized spacial score (nSPS) is 10.9. The first-order valence-electron chi connectivity index (χ1n) is 7.03. The molecule has 1 aromatic heterocycles. The predicted octanol–water partition coefficient (Wildman–Crippen LogP) is 4.26. The summed E-state index contributed by atoms with van der Waals surface area (Å²) in [5.41, 5.74) is 5.18. The Bertz CT molecular complexity index is 890. The van der Waals surface area contributed by atoms with Gasteiger partial charge in [0.05, 0.1) is 11.9 Å². The first-order valence-corrected chi connectivity index (χ1v) is 8.20. The Kier molecular flexibility index (Phi) is 5.08.